The third kappa shape index (κ3) is 6.41. The van der Waals surface area contributed by atoms with Gasteiger partial charge in [0.25, 0.3) is 0 Å². The summed E-state index contributed by atoms with van der Waals surface area (Å²) in [6.45, 7) is -1.45. The number of hydrogen-bond donors (Lipinski definition) is 4. The molecule has 0 aromatic heterocycles. The Balaban J connectivity index is 4.29. The van der Waals surface area contributed by atoms with E-state index in [2.05, 4.69) is 0 Å². The molecule has 0 radical (unpaired) electrons. The lowest BCUT2D eigenvalue weighted by atomic mass is 10.3. The van der Waals surface area contributed by atoms with Crippen LogP contribution in [0.4, 0.5) is 0 Å². The first-order valence-electron chi connectivity index (χ1n) is 3.97. The van der Waals surface area contributed by atoms with Gasteiger partial charge in [-0.2, -0.15) is 0 Å². The molecule has 5 N–H and O–H groups in total. The molecule has 0 aliphatic carbocycles. The van der Waals surface area contributed by atoms with E-state index < -0.39 is 37.0 Å². The van der Waals surface area contributed by atoms with Gasteiger partial charge >= 0.3 is 17.9 Å². The van der Waals surface area contributed by atoms with Gasteiger partial charge in [-0.05, 0) is 0 Å². The Kier molecular flexibility index (Phi) is 5.27. The minimum atomic E-state index is -1.31. The molecule has 8 nitrogen and oxygen atoms in total. The number of nitrogens with two attached hydrogens (primary N) is 1. The first-order valence-corrected chi connectivity index (χ1v) is 3.97. The molecule has 0 rings (SSSR count). The lowest BCUT2D eigenvalue weighted by molar-refractivity contribution is -0.145. The highest BCUT2D eigenvalue weighted by Gasteiger charge is 2.20. The van der Waals surface area contributed by atoms with E-state index in [1.807, 2.05) is 0 Å². The molecular formula is C7H12N2O6. The second-order valence-corrected chi connectivity index (χ2v) is 2.90. The normalized spacial score (nSPS) is 12.4. The molecule has 0 saturated carbocycles. The molecule has 1 unspecified atom stereocenters. The van der Waals surface area contributed by atoms with E-state index in [4.69, 9.17) is 21.1 Å². The first kappa shape index (κ1) is 13.3. The van der Waals surface area contributed by atoms with Gasteiger partial charge < -0.3 is 21.1 Å². The molecule has 86 valence electrons. The van der Waals surface area contributed by atoms with Crippen LogP contribution in [0.25, 0.3) is 0 Å². The van der Waals surface area contributed by atoms with Crippen LogP contribution in [-0.2, 0) is 14.4 Å². The number of carbonyl (C=O) groups is 3. The van der Waals surface area contributed by atoms with Crippen LogP contribution in [0.5, 0.6) is 0 Å². The smallest absolute Gasteiger partial charge is 0.321 e. The second kappa shape index (κ2) is 5.94. The molecule has 15 heavy (non-hydrogen) atoms. The van der Waals surface area contributed by atoms with E-state index in [0.717, 1.165) is 4.90 Å². The Morgan fingerprint density at radius 3 is 1.73 bits per heavy atom. The van der Waals surface area contributed by atoms with Crippen molar-refractivity contribution >= 4 is 17.9 Å². The van der Waals surface area contributed by atoms with Gasteiger partial charge in [-0.1, -0.05) is 0 Å². The third-order valence-electron chi connectivity index (χ3n) is 1.49. The molecule has 0 fully saturated rings. The lowest BCUT2D eigenvalue weighted by Crippen LogP contribution is -2.46. The Morgan fingerprint density at radius 1 is 1.07 bits per heavy atom. The van der Waals surface area contributed by atoms with Gasteiger partial charge in [-0.25, -0.2) is 0 Å². The number of carboxylic acids is 3. The number of rotatable bonds is 7. The molecule has 0 spiro atoms. The van der Waals surface area contributed by atoms with Crippen molar-refractivity contribution in [2.45, 2.75) is 6.04 Å². The van der Waals surface area contributed by atoms with Crippen LogP contribution in [0.3, 0.4) is 0 Å². The van der Waals surface area contributed by atoms with Gasteiger partial charge in [-0.3, -0.25) is 19.3 Å². The Morgan fingerprint density at radius 2 is 1.47 bits per heavy atom. The van der Waals surface area contributed by atoms with Crippen LogP contribution in [0.15, 0.2) is 0 Å². The minimum Gasteiger partial charge on any atom is -0.480 e. The van der Waals surface area contributed by atoms with Crippen molar-refractivity contribution in [2.75, 3.05) is 19.6 Å². The van der Waals surface area contributed by atoms with Crippen LogP contribution in [0.2, 0.25) is 0 Å². The highest BCUT2D eigenvalue weighted by Crippen LogP contribution is 1.91. The monoisotopic (exact) mass is 220 g/mol. The Bertz CT molecular complexity index is 250. The number of carboxylic acid groups (broad SMARTS) is 3. The summed E-state index contributed by atoms with van der Waals surface area (Å²) in [5, 5.41) is 25.3. The average molecular weight is 220 g/mol. The predicted molar refractivity (Wildman–Crippen MR) is 47.3 cm³/mol. The van der Waals surface area contributed by atoms with Gasteiger partial charge in [0.05, 0.1) is 13.1 Å². The van der Waals surface area contributed by atoms with Gasteiger partial charge in [0.15, 0.2) is 0 Å². The van der Waals surface area contributed by atoms with Crippen LogP contribution in [-0.4, -0.2) is 63.8 Å². The fraction of sp³-hybridized carbons (Fsp3) is 0.571. The van der Waals surface area contributed by atoms with Gasteiger partial charge in [0.1, 0.15) is 6.04 Å². The van der Waals surface area contributed by atoms with Crippen molar-refractivity contribution in [1.82, 2.24) is 4.90 Å². The summed E-state index contributed by atoms with van der Waals surface area (Å²) in [5.41, 5.74) is 5.14. The quantitative estimate of drug-likeness (QED) is 0.381. The van der Waals surface area contributed by atoms with E-state index in [1.54, 1.807) is 0 Å². The second-order valence-electron chi connectivity index (χ2n) is 2.90. The van der Waals surface area contributed by atoms with Crippen LogP contribution >= 0.6 is 0 Å². The van der Waals surface area contributed by atoms with Gasteiger partial charge in [-0.15, -0.1) is 0 Å². The lowest BCUT2D eigenvalue weighted by Gasteiger charge is -2.19. The summed E-state index contributed by atoms with van der Waals surface area (Å²) < 4.78 is 0. The van der Waals surface area contributed by atoms with Crippen LogP contribution in [0, 0.1) is 0 Å². The molecule has 0 aliphatic heterocycles. The average Bonchev–Trinajstić information content (AvgIpc) is 2.00. The van der Waals surface area contributed by atoms with Crippen LogP contribution < -0.4 is 5.73 Å². The molecule has 0 saturated heterocycles. The Labute approximate surface area is 84.9 Å². The van der Waals surface area contributed by atoms with Crippen molar-refractivity contribution in [2.24, 2.45) is 5.73 Å². The number of nitrogens with zero attached hydrogens (tertiary/aromatic N) is 1. The maximum Gasteiger partial charge on any atom is 0.321 e. The predicted octanol–water partition coefficient (Wildman–Crippen LogP) is -2.13. The van der Waals surface area contributed by atoms with E-state index in [0.29, 0.717) is 0 Å². The standard InChI is InChI=1S/C7H12N2O6/c8-4(7(14)15)1-9(2-5(10)11)3-6(12)13/h4H,1-3,8H2,(H,10,11)(H,12,13)(H,14,15). The van der Waals surface area contributed by atoms with Crippen molar-refractivity contribution in [1.29, 1.82) is 0 Å². The molecule has 1 atom stereocenters. The Hall–Kier alpha value is -1.67. The van der Waals surface area contributed by atoms with E-state index >= 15 is 0 Å². The van der Waals surface area contributed by atoms with Crippen molar-refractivity contribution < 1.29 is 29.7 Å². The molecule has 0 aromatic rings. The maximum atomic E-state index is 10.4. The summed E-state index contributed by atoms with van der Waals surface area (Å²) in [5.74, 6) is -3.79. The van der Waals surface area contributed by atoms with E-state index in [1.165, 1.54) is 0 Å². The van der Waals surface area contributed by atoms with E-state index in [9.17, 15) is 14.4 Å². The molecule has 0 aromatic carbocycles. The fourth-order valence-electron chi connectivity index (χ4n) is 0.924. The SMILES string of the molecule is NC(CN(CC(=O)O)CC(=O)O)C(=O)O. The highest BCUT2D eigenvalue weighted by molar-refractivity contribution is 5.75. The number of hydrogen-bond acceptors (Lipinski definition) is 5. The largest absolute Gasteiger partial charge is 0.480 e. The van der Waals surface area contributed by atoms with Crippen molar-refractivity contribution in [3.63, 3.8) is 0 Å². The minimum absolute atomic E-state index is 0.325. The zero-order chi connectivity index (χ0) is 12.0. The fourth-order valence-corrected chi connectivity index (χ4v) is 0.924. The van der Waals surface area contributed by atoms with E-state index in [-0.39, 0.29) is 6.54 Å². The first-order chi connectivity index (χ1) is 6.82. The molecule has 8 heteroatoms. The molecular weight excluding hydrogens is 208 g/mol. The van der Waals surface area contributed by atoms with Crippen molar-refractivity contribution in [3.05, 3.63) is 0 Å². The summed E-state index contributed by atoms with van der Waals surface area (Å²) in [6, 6.07) is -1.30. The zero-order valence-corrected chi connectivity index (χ0v) is 7.79. The summed E-state index contributed by atoms with van der Waals surface area (Å²) >= 11 is 0. The van der Waals surface area contributed by atoms with Crippen molar-refractivity contribution in [3.8, 4) is 0 Å². The highest BCUT2D eigenvalue weighted by atomic mass is 16.4. The topological polar surface area (TPSA) is 141 Å². The molecule has 0 amide bonds. The van der Waals surface area contributed by atoms with Gasteiger partial charge in [0.2, 0.25) is 0 Å². The number of aliphatic carboxylic acids is 3. The zero-order valence-electron chi connectivity index (χ0n) is 7.79. The summed E-state index contributed by atoms with van der Waals surface area (Å²) in [4.78, 5) is 31.9. The summed E-state index contributed by atoms with van der Waals surface area (Å²) in [6.07, 6.45) is 0. The summed E-state index contributed by atoms with van der Waals surface area (Å²) in [7, 11) is 0. The third-order valence-corrected chi connectivity index (χ3v) is 1.49. The maximum absolute atomic E-state index is 10.4. The van der Waals surface area contributed by atoms with Gasteiger partial charge in [0, 0.05) is 6.54 Å². The van der Waals surface area contributed by atoms with Crippen LogP contribution in [0.1, 0.15) is 0 Å². The molecule has 0 aliphatic rings. The molecule has 0 bridgehead atoms. The molecule has 0 heterocycles.